The monoisotopic (exact) mass is 263 g/mol. The van der Waals surface area contributed by atoms with E-state index in [1.165, 1.54) is 7.11 Å². The third kappa shape index (κ3) is 4.56. The van der Waals surface area contributed by atoms with Gasteiger partial charge in [-0.3, -0.25) is 4.79 Å². The minimum atomic E-state index is -0.262. The summed E-state index contributed by atoms with van der Waals surface area (Å²) >= 11 is 0. The average Bonchev–Trinajstić information content (AvgIpc) is 3.21. The van der Waals surface area contributed by atoms with Crippen LogP contribution in [-0.4, -0.2) is 31.8 Å². The highest BCUT2D eigenvalue weighted by atomic mass is 16.5. The molecule has 0 aromatic heterocycles. The Morgan fingerprint density at radius 3 is 2.89 bits per heavy atom. The van der Waals surface area contributed by atoms with Crippen molar-refractivity contribution in [1.82, 2.24) is 5.32 Å². The highest BCUT2D eigenvalue weighted by Gasteiger charge is 2.28. The van der Waals surface area contributed by atoms with E-state index in [0.717, 1.165) is 24.2 Å². The Labute approximate surface area is 114 Å². The van der Waals surface area contributed by atoms with Gasteiger partial charge in [0.05, 0.1) is 13.7 Å². The molecule has 19 heavy (non-hydrogen) atoms. The van der Waals surface area contributed by atoms with Crippen molar-refractivity contribution < 1.29 is 14.3 Å². The smallest absolute Gasteiger partial charge is 0.322 e. The highest BCUT2D eigenvalue weighted by molar-refractivity contribution is 5.75. The number of esters is 1. The van der Waals surface area contributed by atoms with Crippen LogP contribution < -0.4 is 10.1 Å². The molecule has 1 atom stereocenters. The molecular weight excluding hydrogens is 242 g/mol. The van der Waals surface area contributed by atoms with E-state index in [0.29, 0.717) is 19.1 Å². The molecule has 1 N–H and O–H groups in total. The zero-order chi connectivity index (χ0) is 13.7. The zero-order valence-corrected chi connectivity index (χ0v) is 11.5. The summed E-state index contributed by atoms with van der Waals surface area (Å²) in [5.74, 6) is 0.634. The maximum Gasteiger partial charge on any atom is 0.322 e. The minimum Gasteiger partial charge on any atom is -0.494 e. The molecule has 0 radical (unpaired) electrons. The molecular formula is C15H21NO3. The quantitative estimate of drug-likeness (QED) is 0.765. The predicted octanol–water partition coefficient (Wildman–Crippen LogP) is 2.06. The SMILES string of the molecule is COC(=O)C(CCOc1cccc(C)c1)NC1CC1. The molecule has 2 rings (SSSR count). The van der Waals surface area contributed by atoms with E-state index < -0.39 is 0 Å². The van der Waals surface area contributed by atoms with Gasteiger partial charge in [-0.1, -0.05) is 12.1 Å². The van der Waals surface area contributed by atoms with Crippen molar-refractivity contribution in [2.45, 2.75) is 38.3 Å². The number of carbonyl (C=O) groups is 1. The van der Waals surface area contributed by atoms with E-state index in [-0.39, 0.29) is 12.0 Å². The van der Waals surface area contributed by atoms with E-state index in [1.54, 1.807) is 0 Å². The molecule has 0 bridgehead atoms. The van der Waals surface area contributed by atoms with Gasteiger partial charge in [-0.15, -0.1) is 0 Å². The summed E-state index contributed by atoms with van der Waals surface area (Å²) in [6.45, 7) is 2.53. The maximum absolute atomic E-state index is 11.6. The van der Waals surface area contributed by atoms with Crippen LogP contribution in [0.2, 0.25) is 0 Å². The first-order valence-electron chi connectivity index (χ1n) is 6.72. The number of benzene rings is 1. The second-order valence-corrected chi connectivity index (χ2v) is 4.97. The van der Waals surface area contributed by atoms with Crippen molar-refractivity contribution in [1.29, 1.82) is 0 Å². The number of hydrogen-bond donors (Lipinski definition) is 1. The maximum atomic E-state index is 11.6. The average molecular weight is 263 g/mol. The van der Waals surface area contributed by atoms with Crippen LogP contribution in [0.25, 0.3) is 0 Å². The standard InChI is InChI=1S/C15H21NO3/c1-11-4-3-5-13(10-11)19-9-8-14(15(17)18-2)16-12-6-7-12/h3-5,10,12,14,16H,6-9H2,1-2H3. The minimum absolute atomic E-state index is 0.209. The van der Waals surface area contributed by atoms with Crippen molar-refractivity contribution in [2.24, 2.45) is 0 Å². The van der Waals surface area contributed by atoms with Gasteiger partial charge in [0.2, 0.25) is 0 Å². The van der Waals surface area contributed by atoms with Crippen LogP contribution in [0.15, 0.2) is 24.3 Å². The number of methoxy groups -OCH3 is 1. The fourth-order valence-corrected chi connectivity index (χ4v) is 1.95. The summed E-state index contributed by atoms with van der Waals surface area (Å²) in [6, 6.07) is 8.12. The van der Waals surface area contributed by atoms with Crippen LogP contribution in [0.4, 0.5) is 0 Å². The molecule has 1 aromatic carbocycles. The van der Waals surface area contributed by atoms with Crippen molar-refractivity contribution >= 4 is 5.97 Å². The first-order valence-corrected chi connectivity index (χ1v) is 6.72. The summed E-state index contributed by atoms with van der Waals surface area (Å²) in [5, 5.41) is 3.28. The molecule has 4 heteroatoms. The molecule has 1 aliphatic carbocycles. The lowest BCUT2D eigenvalue weighted by Crippen LogP contribution is -2.40. The molecule has 1 fully saturated rings. The molecule has 1 aromatic rings. The van der Waals surface area contributed by atoms with Crippen molar-refractivity contribution in [2.75, 3.05) is 13.7 Å². The van der Waals surface area contributed by atoms with Crippen molar-refractivity contribution in [3.8, 4) is 5.75 Å². The Balaban J connectivity index is 1.79. The summed E-state index contributed by atoms with van der Waals surface area (Å²) in [7, 11) is 1.42. The Hall–Kier alpha value is -1.55. The van der Waals surface area contributed by atoms with E-state index in [1.807, 2.05) is 31.2 Å². The Morgan fingerprint density at radius 1 is 1.47 bits per heavy atom. The molecule has 1 saturated carbocycles. The van der Waals surface area contributed by atoms with Gasteiger partial charge < -0.3 is 14.8 Å². The largest absolute Gasteiger partial charge is 0.494 e. The summed E-state index contributed by atoms with van der Waals surface area (Å²) in [4.78, 5) is 11.6. The summed E-state index contributed by atoms with van der Waals surface area (Å²) < 4.78 is 10.5. The first-order chi connectivity index (χ1) is 9.19. The van der Waals surface area contributed by atoms with Gasteiger partial charge in [0, 0.05) is 12.5 Å². The Kier molecular flexibility index (Phi) is 4.80. The molecule has 0 spiro atoms. The second-order valence-electron chi connectivity index (χ2n) is 4.97. The van der Waals surface area contributed by atoms with Crippen LogP contribution in [0.1, 0.15) is 24.8 Å². The van der Waals surface area contributed by atoms with Crippen LogP contribution in [0.5, 0.6) is 5.75 Å². The lowest BCUT2D eigenvalue weighted by molar-refractivity contribution is -0.143. The van der Waals surface area contributed by atoms with E-state index >= 15 is 0 Å². The van der Waals surface area contributed by atoms with Crippen molar-refractivity contribution in [3.05, 3.63) is 29.8 Å². The van der Waals surface area contributed by atoms with Gasteiger partial charge in [0.25, 0.3) is 0 Å². The van der Waals surface area contributed by atoms with Gasteiger partial charge in [-0.05, 0) is 37.5 Å². The van der Waals surface area contributed by atoms with Crippen LogP contribution in [0.3, 0.4) is 0 Å². The van der Waals surface area contributed by atoms with Gasteiger partial charge >= 0.3 is 5.97 Å². The zero-order valence-electron chi connectivity index (χ0n) is 11.5. The predicted molar refractivity (Wildman–Crippen MR) is 73.3 cm³/mol. The van der Waals surface area contributed by atoms with E-state index in [2.05, 4.69) is 5.32 Å². The topological polar surface area (TPSA) is 47.6 Å². The molecule has 104 valence electrons. The summed E-state index contributed by atoms with van der Waals surface area (Å²) in [5.41, 5.74) is 1.16. The Bertz CT molecular complexity index is 429. The fraction of sp³-hybridized carbons (Fsp3) is 0.533. The van der Waals surface area contributed by atoms with Gasteiger partial charge in [0.15, 0.2) is 0 Å². The fourth-order valence-electron chi connectivity index (χ4n) is 1.95. The molecule has 0 aliphatic heterocycles. The number of ether oxygens (including phenoxy) is 2. The lowest BCUT2D eigenvalue weighted by atomic mass is 10.2. The molecule has 0 heterocycles. The number of rotatable bonds is 7. The molecule has 1 unspecified atom stereocenters. The number of aryl methyl sites for hydroxylation is 1. The van der Waals surface area contributed by atoms with Gasteiger partial charge in [-0.2, -0.15) is 0 Å². The third-order valence-electron chi connectivity index (χ3n) is 3.16. The second kappa shape index (κ2) is 6.57. The molecule has 0 saturated heterocycles. The van der Waals surface area contributed by atoms with E-state index in [9.17, 15) is 4.79 Å². The lowest BCUT2D eigenvalue weighted by Gasteiger charge is -2.16. The first kappa shape index (κ1) is 13.9. The van der Waals surface area contributed by atoms with Gasteiger partial charge in [-0.25, -0.2) is 0 Å². The normalized spacial score (nSPS) is 15.9. The van der Waals surface area contributed by atoms with Crippen LogP contribution in [0, 0.1) is 6.92 Å². The van der Waals surface area contributed by atoms with E-state index in [4.69, 9.17) is 9.47 Å². The molecule has 4 nitrogen and oxygen atoms in total. The Morgan fingerprint density at radius 2 is 2.26 bits per heavy atom. The van der Waals surface area contributed by atoms with Crippen LogP contribution in [-0.2, 0) is 9.53 Å². The van der Waals surface area contributed by atoms with Crippen LogP contribution >= 0.6 is 0 Å². The highest BCUT2D eigenvalue weighted by Crippen LogP contribution is 2.20. The molecule has 0 amide bonds. The number of hydrogen-bond acceptors (Lipinski definition) is 4. The third-order valence-corrected chi connectivity index (χ3v) is 3.16. The number of nitrogens with one attached hydrogen (secondary N) is 1. The number of carbonyl (C=O) groups excluding carboxylic acids is 1. The van der Waals surface area contributed by atoms with Gasteiger partial charge in [0.1, 0.15) is 11.8 Å². The molecule has 1 aliphatic rings. The van der Waals surface area contributed by atoms with Crippen molar-refractivity contribution in [3.63, 3.8) is 0 Å². The summed E-state index contributed by atoms with van der Waals surface area (Å²) in [6.07, 6.45) is 2.91.